The van der Waals surface area contributed by atoms with E-state index in [1.807, 2.05) is 5.32 Å². The zero-order valence-corrected chi connectivity index (χ0v) is 9.34. The molecule has 0 aliphatic carbocycles. The van der Waals surface area contributed by atoms with E-state index in [2.05, 4.69) is 0 Å². The molecule has 6 nitrogen and oxygen atoms in total. The van der Waals surface area contributed by atoms with E-state index in [0.29, 0.717) is 0 Å². The van der Waals surface area contributed by atoms with Crippen molar-refractivity contribution in [1.82, 2.24) is 15.5 Å². The van der Waals surface area contributed by atoms with Crippen LogP contribution in [-0.2, 0) is 4.79 Å². The lowest BCUT2D eigenvalue weighted by Gasteiger charge is -2.20. The van der Waals surface area contributed by atoms with Gasteiger partial charge in [0.25, 0.3) is 0 Å². The SMILES string of the molecule is CN(C)CC(NC(=O)O)C(=O)NCC(F)(F)F. The van der Waals surface area contributed by atoms with Crippen LogP contribution < -0.4 is 10.6 Å². The van der Waals surface area contributed by atoms with Crippen LogP contribution in [0.5, 0.6) is 0 Å². The third-order valence-corrected chi connectivity index (χ3v) is 1.62. The van der Waals surface area contributed by atoms with Crippen molar-refractivity contribution in [3.8, 4) is 0 Å². The highest BCUT2D eigenvalue weighted by atomic mass is 19.4. The standard InChI is InChI=1S/C8H14F3N3O3/c1-14(2)3-5(13-7(16)17)6(15)12-4-8(9,10)11/h5,13H,3-4H2,1-2H3,(H,12,15)(H,16,17). The summed E-state index contributed by atoms with van der Waals surface area (Å²) in [4.78, 5) is 23.1. The molecule has 0 aliphatic rings. The van der Waals surface area contributed by atoms with E-state index in [4.69, 9.17) is 5.11 Å². The summed E-state index contributed by atoms with van der Waals surface area (Å²) in [6, 6.07) is -1.25. The second kappa shape index (κ2) is 6.28. The fourth-order valence-corrected chi connectivity index (χ4v) is 1.02. The van der Waals surface area contributed by atoms with Crippen LogP contribution in [0.15, 0.2) is 0 Å². The van der Waals surface area contributed by atoms with Crippen molar-refractivity contribution >= 4 is 12.0 Å². The van der Waals surface area contributed by atoms with Crippen LogP contribution in [0.25, 0.3) is 0 Å². The molecule has 1 atom stereocenters. The Hall–Kier alpha value is -1.51. The summed E-state index contributed by atoms with van der Waals surface area (Å²) in [5.74, 6) is -1.02. The number of hydrogen-bond acceptors (Lipinski definition) is 3. The predicted octanol–water partition coefficient (Wildman–Crippen LogP) is -0.137. The number of likely N-dealkylation sites (N-methyl/N-ethyl adjacent to an activating group) is 1. The van der Waals surface area contributed by atoms with Gasteiger partial charge in [0.05, 0.1) is 0 Å². The van der Waals surface area contributed by atoms with Crippen molar-refractivity contribution in [2.45, 2.75) is 12.2 Å². The van der Waals surface area contributed by atoms with Gasteiger partial charge in [-0.15, -0.1) is 0 Å². The van der Waals surface area contributed by atoms with Crippen molar-refractivity contribution in [1.29, 1.82) is 0 Å². The van der Waals surface area contributed by atoms with Gasteiger partial charge in [0.15, 0.2) is 0 Å². The van der Waals surface area contributed by atoms with Gasteiger partial charge in [0, 0.05) is 6.54 Å². The molecule has 2 amide bonds. The van der Waals surface area contributed by atoms with Crippen LogP contribution >= 0.6 is 0 Å². The number of amides is 2. The van der Waals surface area contributed by atoms with Gasteiger partial charge in [-0.3, -0.25) is 4.79 Å². The number of nitrogens with zero attached hydrogens (tertiary/aromatic N) is 1. The summed E-state index contributed by atoms with van der Waals surface area (Å²) in [7, 11) is 3.13. The number of halogens is 3. The number of rotatable bonds is 5. The predicted molar refractivity (Wildman–Crippen MR) is 52.6 cm³/mol. The van der Waals surface area contributed by atoms with E-state index in [-0.39, 0.29) is 6.54 Å². The van der Waals surface area contributed by atoms with Gasteiger partial charge in [-0.2, -0.15) is 13.2 Å². The first-order chi connectivity index (χ1) is 7.61. The van der Waals surface area contributed by atoms with E-state index < -0.39 is 30.8 Å². The van der Waals surface area contributed by atoms with E-state index in [9.17, 15) is 22.8 Å². The molecule has 17 heavy (non-hydrogen) atoms. The maximum Gasteiger partial charge on any atom is 0.405 e. The first kappa shape index (κ1) is 15.5. The van der Waals surface area contributed by atoms with Crippen LogP contribution in [0.2, 0.25) is 0 Å². The van der Waals surface area contributed by atoms with Gasteiger partial charge in [0.1, 0.15) is 12.6 Å². The van der Waals surface area contributed by atoms with Gasteiger partial charge in [-0.25, -0.2) is 4.79 Å². The van der Waals surface area contributed by atoms with E-state index >= 15 is 0 Å². The highest BCUT2D eigenvalue weighted by Gasteiger charge is 2.30. The third kappa shape index (κ3) is 8.31. The summed E-state index contributed by atoms with van der Waals surface area (Å²) in [6.07, 6.45) is -6.00. The Balaban J connectivity index is 4.37. The van der Waals surface area contributed by atoms with E-state index in [1.165, 1.54) is 4.90 Å². The molecule has 3 N–H and O–H groups in total. The van der Waals surface area contributed by atoms with Crippen molar-refractivity contribution in [2.75, 3.05) is 27.2 Å². The summed E-state index contributed by atoms with van der Waals surface area (Å²) in [6.45, 7) is -1.52. The van der Waals surface area contributed by atoms with Crippen LogP contribution in [0.3, 0.4) is 0 Å². The third-order valence-electron chi connectivity index (χ3n) is 1.62. The molecule has 0 heterocycles. The van der Waals surface area contributed by atoms with Gasteiger partial charge in [0.2, 0.25) is 5.91 Å². The second-order valence-corrected chi connectivity index (χ2v) is 3.60. The minimum Gasteiger partial charge on any atom is -0.465 e. The van der Waals surface area contributed by atoms with Gasteiger partial charge < -0.3 is 20.6 Å². The molecule has 0 fully saturated rings. The Labute approximate surface area is 95.8 Å². The lowest BCUT2D eigenvalue weighted by Crippen LogP contribution is -2.52. The fourth-order valence-electron chi connectivity index (χ4n) is 1.02. The number of carbonyl (C=O) groups excluding carboxylic acids is 1. The molecular formula is C8H14F3N3O3. The summed E-state index contributed by atoms with van der Waals surface area (Å²) >= 11 is 0. The van der Waals surface area contributed by atoms with Crippen LogP contribution in [-0.4, -0.2) is 61.4 Å². The summed E-state index contributed by atoms with van der Waals surface area (Å²) < 4.78 is 35.5. The molecule has 0 radical (unpaired) electrons. The average molecular weight is 257 g/mol. The first-order valence-corrected chi connectivity index (χ1v) is 4.60. The Bertz CT molecular complexity index is 281. The summed E-state index contributed by atoms with van der Waals surface area (Å²) in [5, 5.41) is 11.9. The molecule has 0 aromatic rings. The molecule has 0 rings (SSSR count). The van der Waals surface area contributed by atoms with Gasteiger partial charge in [-0.05, 0) is 14.1 Å². The monoisotopic (exact) mass is 257 g/mol. The van der Waals surface area contributed by atoms with Crippen molar-refractivity contribution in [3.63, 3.8) is 0 Å². The maximum atomic E-state index is 11.8. The minimum atomic E-state index is -4.53. The number of nitrogens with one attached hydrogen (secondary N) is 2. The van der Waals surface area contributed by atoms with Crippen molar-refractivity contribution < 1.29 is 27.9 Å². The van der Waals surface area contributed by atoms with Crippen LogP contribution in [0.4, 0.5) is 18.0 Å². The molecule has 0 bridgehead atoms. The minimum absolute atomic E-state index is 0.0318. The Morgan fingerprint density at radius 3 is 2.24 bits per heavy atom. The van der Waals surface area contributed by atoms with Crippen molar-refractivity contribution in [2.24, 2.45) is 0 Å². The normalized spacial score (nSPS) is 13.3. The molecule has 1 unspecified atom stereocenters. The first-order valence-electron chi connectivity index (χ1n) is 4.60. The summed E-state index contributed by atoms with van der Waals surface area (Å²) in [5.41, 5.74) is 0. The van der Waals surface area contributed by atoms with Crippen LogP contribution in [0, 0.1) is 0 Å². The highest BCUT2D eigenvalue weighted by Crippen LogP contribution is 2.12. The van der Waals surface area contributed by atoms with Crippen molar-refractivity contribution in [3.05, 3.63) is 0 Å². The lowest BCUT2D eigenvalue weighted by atomic mass is 10.2. The van der Waals surface area contributed by atoms with Gasteiger partial charge >= 0.3 is 12.3 Å². The molecule has 0 aliphatic heterocycles. The number of carboxylic acid groups (broad SMARTS) is 1. The maximum absolute atomic E-state index is 11.8. The Kier molecular flexibility index (Phi) is 5.72. The zero-order valence-electron chi connectivity index (χ0n) is 9.34. The Morgan fingerprint density at radius 2 is 1.88 bits per heavy atom. The zero-order chi connectivity index (χ0) is 13.6. The average Bonchev–Trinajstić information content (AvgIpc) is 2.10. The number of carbonyl (C=O) groups is 2. The quantitative estimate of drug-likeness (QED) is 0.640. The molecule has 0 saturated heterocycles. The topological polar surface area (TPSA) is 81.7 Å². The second-order valence-electron chi connectivity index (χ2n) is 3.60. The van der Waals surface area contributed by atoms with E-state index in [0.717, 1.165) is 0 Å². The molecule has 0 aromatic carbocycles. The largest absolute Gasteiger partial charge is 0.465 e. The molecule has 0 saturated carbocycles. The lowest BCUT2D eigenvalue weighted by molar-refractivity contribution is -0.139. The molecular weight excluding hydrogens is 243 g/mol. The number of hydrogen-bond donors (Lipinski definition) is 3. The Morgan fingerprint density at radius 1 is 1.35 bits per heavy atom. The molecule has 0 aromatic heterocycles. The molecule has 100 valence electrons. The molecule has 9 heteroatoms. The highest BCUT2D eigenvalue weighted by molar-refractivity contribution is 5.85. The number of alkyl halides is 3. The van der Waals surface area contributed by atoms with Gasteiger partial charge in [-0.1, -0.05) is 0 Å². The van der Waals surface area contributed by atoms with E-state index in [1.54, 1.807) is 19.4 Å². The fraction of sp³-hybridized carbons (Fsp3) is 0.750. The molecule has 0 spiro atoms. The van der Waals surface area contributed by atoms with Crippen LogP contribution in [0.1, 0.15) is 0 Å². The smallest absolute Gasteiger partial charge is 0.405 e.